The van der Waals surface area contributed by atoms with Crippen LogP contribution in [-0.2, 0) is 24.2 Å². The van der Waals surface area contributed by atoms with Gasteiger partial charge in [0.25, 0.3) is 0 Å². The Hall–Kier alpha value is -3.86. The predicted molar refractivity (Wildman–Crippen MR) is 117 cm³/mol. The van der Waals surface area contributed by atoms with Gasteiger partial charge in [-0.2, -0.15) is 0 Å². The number of aryl methyl sites for hydroxylation is 2. The zero-order valence-corrected chi connectivity index (χ0v) is 16.8. The summed E-state index contributed by atoms with van der Waals surface area (Å²) in [5.41, 5.74) is 5.51. The molecule has 0 fully saturated rings. The lowest BCUT2D eigenvalue weighted by atomic mass is 10.0. The van der Waals surface area contributed by atoms with Crippen LogP contribution in [0.25, 0.3) is 22.1 Å². The van der Waals surface area contributed by atoms with Gasteiger partial charge in [-0.3, -0.25) is 0 Å². The van der Waals surface area contributed by atoms with Gasteiger partial charge in [-0.05, 0) is 77.9 Å². The third-order valence-electron chi connectivity index (χ3n) is 5.72. The van der Waals surface area contributed by atoms with E-state index in [0.717, 1.165) is 35.8 Å². The summed E-state index contributed by atoms with van der Waals surface area (Å²) in [5.74, 6) is -0.254. The maximum Gasteiger partial charge on any atom is 0.338 e. The lowest BCUT2D eigenvalue weighted by Gasteiger charge is -2.09. The zero-order valence-electron chi connectivity index (χ0n) is 16.8. The molecule has 0 bridgehead atoms. The number of esters is 1. The summed E-state index contributed by atoms with van der Waals surface area (Å²) in [6.45, 7) is -0.000562. The van der Waals surface area contributed by atoms with Crippen molar-refractivity contribution in [2.45, 2.75) is 25.9 Å². The second-order valence-corrected chi connectivity index (χ2v) is 7.76. The van der Waals surface area contributed by atoms with Crippen LogP contribution in [0.2, 0.25) is 0 Å². The van der Waals surface area contributed by atoms with Crippen LogP contribution in [0.3, 0.4) is 0 Å². The molecule has 5 rings (SSSR count). The highest BCUT2D eigenvalue weighted by atomic mass is 16.5. The van der Waals surface area contributed by atoms with Crippen molar-refractivity contribution in [3.63, 3.8) is 0 Å². The number of hydrogen-bond donors (Lipinski definition) is 1. The fraction of sp³-hybridized carbons (Fsp3) is 0.154. The van der Waals surface area contributed by atoms with Gasteiger partial charge in [-0.25, -0.2) is 9.59 Å². The molecule has 1 heterocycles. The molecular weight excluding hydrogens is 392 g/mol. The minimum Gasteiger partial charge on any atom is -0.508 e. The number of fused-ring (bicyclic) bond motifs is 2. The summed E-state index contributed by atoms with van der Waals surface area (Å²) in [7, 11) is 0. The Morgan fingerprint density at radius 3 is 2.26 bits per heavy atom. The number of aromatic hydroxyl groups is 1. The van der Waals surface area contributed by atoms with Gasteiger partial charge in [0.1, 0.15) is 17.9 Å². The van der Waals surface area contributed by atoms with E-state index in [0.29, 0.717) is 16.7 Å². The SMILES string of the molecule is O=C(OCc1cc(=O)oc2cc3c(cc12)CCC3)c1ccc(-c2ccc(O)cc2)cc1. The summed E-state index contributed by atoms with van der Waals surface area (Å²) >= 11 is 0. The molecule has 5 heteroatoms. The van der Waals surface area contributed by atoms with Gasteiger partial charge in [-0.1, -0.05) is 24.3 Å². The summed E-state index contributed by atoms with van der Waals surface area (Å²) in [4.78, 5) is 24.6. The molecule has 3 aromatic carbocycles. The predicted octanol–water partition coefficient (Wildman–Crippen LogP) is 5.01. The molecule has 0 spiro atoms. The van der Waals surface area contributed by atoms with E-state index >= 15 is 0 Å². The first-order chi connectivity index (χ1) is 15.1. The van der Waals surface area contributed by atoms with Crippen molar-refractivity contribution in [3.8, 4) is 16.9 Å². The van der Waals surface area contributed by atoms with Crippen molar-refractivity contribution in [1.82, 2.24) is 0 Å². The molecule has 31 heavy (non-hydrogen) atoms. The monoisotopic (exact) mass is 412 g/mol. The van der Waals surface area contributed by atoms with Crippen LogP contribution in [0.4, 0.5) is 0 Å². The molecular formula is C26H20O5. The fourth-order valence-corrected chi connectivity index (χ4v) is 4.09. The number of ether oxygens (including phenoxy) is 1. The van der Waals surface area contributed by atoms with Crippen LogP contribution >= 0.6 is 0 Å². The molecule has 154 valence electrons. The van der Waals surface area contributed by atoms with Crippen molar-refractivity contribution in [2.75, 3.05) is 0 Å². The summed E-state index contributed by atoms with van der Waals surface area (Å²) in [5, 5.41) is 10.2. The first-order valence-electron chi connectivity index (χ1n) is 10.2. The number of rotatable bonds is 4. The Morgan fingerprint density at radius 1 is 0.903 bits per heavy atom. The van der Waals surface area contributed by atoms with E-state index in [-0.39, 0.29) is 12.4 Å². The lowest BCUT2D eigenvalue weighted by Crippen LogP contribution is -2.08. The van der Waals surface area contributed by atoms with Gasteiger partial charge < -0.3 is 14.3 Å². The molecule has 0 atom stereocenters. The minimum atomic E-state index is -0.459. The molecule has 1 aliphatic rings. The van der Waals surface area contributed by atoms with Gasteiger partial charge >= 0.3 is 11.6 Å². The van der Waals surface area contributed by atoms with Crippen molar-refractivity contribution in [2.24, 2.45) is 0 Å². The van der Waals surface area contributed by atoms with E-state index in [1.54, 1.807) is 24.3 Å². The largest absolute Gasteiger partial charge is 0.508 e. The molecule has 0 radical (unpaired) electrons. The standard InChI is InChI=1S/C26H20O5/c27-22-10-8-17(9-11-22)16-4-6-18(7-5-16)26(29)30-15-21-14-25(28)31-24-13-20-3-1-2-19(20)12-23(21)24/h4-14,27H,1-3,15H2. The number of carbonyl (C=O) groups excluding carboxylic acids is 1. The summed E-state index contributed by atoms with van der Waals surface area (Å²) < 4.78 is 10.9. The fourth-order valence-electron chi connectivity index (χ4n) is 4.09. The molecule has 1 aliphatic carbocycles. The van der Waals surface area contributed by atoms with Crippen LogP contribution in [0, 0.1) is 0 Å². The Labute approximate surface area is 178 Å². The van der Waals surface area contributed by atoms with Crippen LogP contribution < -0.4 is 5.63 Å². The third kappa shape index (κ3) is 3.82. The molecule has 0 saturated heterocycles. The molecule has 0 aliphatic heterocycles. The molecule has 0 saturated carbocycles. The third-order valence-corrected chi connectivity index (χ3v) is 5.72. The topological polar surface area (TPSA) is 76.7 Å². The number of phenols is 1. The van der Waals surface area contributed by atoms with Gasteiger partial charge in [0.2, 0.25) is 0 Å². The van der Waals surface area contributed by atoms with Gasteiger partial charge in [0.05, 0.1) is 5.56 Å². The Morgan fingerprint density at radius 2 is 1.55 bits per heavy atom. The van der Waals surface area contributed by atoms with E-state index in [1.807, 2.05) is 30.3 Å². The molecule has 1 N–H and O–H groups in total. The number of phenolic OH excluding ortho intramolecular Hbond substituents is 1. The van der Waals surface area contributed by atoms with E-state index < -0.39 is 11.6 Å². The normalized spacial score (nSPS) is 12.6. The molecule has 0 amide bonds. The van der Waals surface area contributed by atoms with Crippen LogP contribution in [-0.4, -0.2) is 11.1 Å². The summed E-state index contributed by atoms with van der Waals surface area (Å²) in [6, 6.07) is 19.3. The Balaban J connectivity index is 1.35. The average Bonchev–Trinajstić information content (AvgIpc) is 3.24. The Kier molecular flexibility index (Phi) is 4.79. The van der Waals surface area contributed by atoms with Crippen molar-refractivity contribution < 1.29 is 19.1 Å². The lowest BCUT2D eigenvalue weighted by molar-refractivity contribution is 0.0474. The van der Waals surface area contributed by atoms with Crippen molar-refractivity contribution >= 4 is 16.9 Å². The quantitative estimate of drug-likeness (QED) is 0.377. The molecule has 1 aromatic heterocycles. The van der Waals surface area contributed by atoms with Crippen LogP contribution in [0.5, 0.6) is 5.75 Å². The highest BCUT2D eigenvalue weighted by Gasteiger charge is 2.16. The van der Waals surface area contributed by atoms with E-state index in [4.69, 9.17) is 9.15 Å². The van der Waals surface area contributed by atoms with E-state index in [9.17, 15) is 14.7 Å². The second-order valence-electron chi connectivity index (χ2n) is 7.76. The first kappa shape index (κ1) is 19.1. The first-order valence-corrected chi connectivity index (χ1v) is 10.2. The molecule has 0 unspecified atom stereocenters. The average molecular weight is 412 g/mol. The summed E-state index contributed by atoms with van der Waals surface area (Å²) in [6.07, 6.45) is 3.10. The van der Waals surface area contributed by atoms with Crippen molar-refractivity contribution in [1.29, 1.82) is 0 Å². The maximum absolute atomic E-state index is 12.6. The highest BCUT2D eigenvalue weighted by molar-refractivity contribution is 5.90. The Bertz CT molecular complexity index is 1330. The second kappa shape index (κ2) is 7.76. The number of hydrogen-bond acceptors (Lipinski definition) is 5. The molecule has 5 nitrogen and oxygen atoms in total. The number of carbonyl (C=O) groups is 1. The highest BCUT2D eigenvalue weighted by Crippen LogP contribution is 2.29. The smallest absolute Gasteiger partial charge is 0.338 e. The van der Waals surface area contributed by atoms with E-state index in [2.05, 4.69) is 6.07 Å². The van der Waals surface area contributed by atoms with Gasteiger partial charge in [0.15, 0.2) is 0 Å². The molecule has 4 aromatic rings. The maximum atomic E-state index is 12.6. The van der Waals surface area contributed by atoms with Crippen molar-refractivity contribution in [3.05, 3.63) is 99.4 Å². The minimum absolute atomic E-state index is 0.000562. The van der Waals surface area contributed by atoms with Gasteiger partial charge in [-0.15, -0.1) is 0 Å². The van der Waals surface area contributed by atoms with Gasteiger partial charge in [0, 0.05) is 17.0 Å². The number of benzene rings is 3. The van der Waals surface area contributed by atoms with E-state index in [1.165, 1.54) is 17.2 Å². The zero-order chi connectivity index (χ0) is 21.4. The van der Waals surface area contributed by atoms with Crippen LogP contribution in [0.1, 0.15) is 33.5 Å². The van der Waals surface area contributed by atoms with Crippen LogP contribution in [0.15, 0.2) is 75.9 Å².